The Labute approximate surface area is 137 Å². The van der Waals surface area contributed by atoms with Crippen molar-refractivity contribution in [3.8, 4) is 0 Å². The summed E-state index contributed by atoms with van der Waals surface area (Å²) in [6, 6.07) is 12.9. The first kappa shape index (κ1) is 15.9. The zero-order valence-corrected chi connectivity index (χ0v) is 13.4. The van der Waals surface area contributed by atoms with Crippen molar-refractivity contribution in [1.82, 2.24) is 9.88 Å². The molecule has 0 aliphatic carbocycles. The predicted octanol–water partition coefficient (Wildman–Crippen LogP) is 4.08. The summed E-state index contributed by atoms with van der Waals surface area (Å²) in [4.78, 5) is 6.35. The van der Waals surface area contributed by atoms with E-state index < -0.39 is 0 Å². The Kier molecular flexibility index (Phi) is 5.59. The minimum Gasteiger partial charge on any atom is -0.383 e. The van der Waals surface area contributed by atoms with Gasteiger partial charge in [0.2, 0.25) is 0 Å². The van der Waals surface area contributed by atoms with E-state index in [1.165, 1.54) is 31.0 Å². The van der Waals surface area contributed by atoms with Crippen LogP contribution >= 0.6 is 0 Å². The molecule has 0 saturated carbocycles. The summed E-state index contributed by atoms with van der Waals surface area (Å²) in [6.45, 7) is 2.95. The Morgan fingerprint density at radius 1 is 1.17 bits per heavy atom. The second-order valence-corrected chi connectivity index (χ2v) is 6.18. The number of aromatic nitrogens is 1. The Hall–Kier alpha value is -1.94. The zero-order valence-electron chi connectivity index (χ0n) is 13.4. The highest BCUT2D eigenvalue weighted by Crippen LogP contribution is 2.22. The van der Waals surface area contributed by atoms with Crippen LogP contribution in [0.3, 0.4) is 0 Å². The molecule has 1 aliphatic heterocycles. The van der Waals surface area contributed by atoms with E-state index in [2.05, 4.69) is 45.5 Å². The van der Waals surface area contributed by atoms with E-state index in [1.54, 1.807) is 12.3 Å². The molecule has 3 nitrogen and oxygen atoms in total. The number of nitrogens with zero attached hydrogens (tertiary/aromatic N) is 2. The fourth-order valence-electron chi connectivity index (χ4n) is 3.31. The Bertz CT molecular complexity index is 603. The molecule has 1 aromatic carbocycles. The predicted molar refractivity (Wildman–Crippen MR) is 91.8 cm³/mol. The molecule has 122 valence electrons. The minimum atomic E-state index is -0.280. The SMILES string of the molecule is Fc1cnccc1NCC[C@H]1CCCCN1Cc1ccccc1. The molecule has 23 heavy (non-hydrogen) atoms. The van der Waals surface area contributed by atoms with Crippen LogP contribution < -0.4 is 5.32 Å². The highest BCUT2D eigenvalue weighted by atomic mass is 19.1. The van der Waals surface area contributed by atoms with Gasteiger partial charge in [-0.2, -0.15) is 0 Å². The lowest BCUT2D eigenvalue weighted by Gasteiger charge is -2.36. The van der Waals surface area contributed by atoms with E-state index in [0.29, 0.717) is 11.7 Å². The smallest absolute Gasteiger partial charge is 0.164 e. The zero-order chi connectivity index (χ0) is 15.9. The molecule has 0 bridgehead atoms. The van der Waals surface area contributed by atoms with Crippen LogP contribution in [-0.2, 0) is 6.54 Å². The number of pyridine rings is 1. The van der Waals surface area contributed by atoms with E-state index in [1.807, 2.05) is 0 Å². The molecule has 1 aromatic heterocycles. The summed E-state index contributed by atoms with van der Waals surface area (Å²) in [7, 11) is 0. The van der Waals surface area contributed by atoms with Crippen molar-refractivity contribution in [2.24, 2.45) is 0 Å². The third-order valence-corrected chi connectivity index (χ3v) is 4.54. The summed E-state index contributed by atoms with van der Waals surface area (Å²) in [6.07, 6.45) is 7.70. The van der Waals surface area contributed by atoms with E-state index in [4.69, 9.17) is 0 Å². The van der Waals surface area contributed by atoms with Gasteiger partial charge in [-0.1, -0.05) is 36.8 Å². The number of anilines is 1. The molecule has 4 heteroatoms. The second-order valence-electron chi connectivity index (χ2n) is 6.18. The molecule has 1 N–H and O–H groups in total. The average Bonchev–Trinajstić information content (AvgIpc) is 2.59. The molecular weight excluding hydrogens is 289 g/mol. The first-order valence-electron chi connectivity index (χ1n) is 8.44. The first-order chi connectivity index (χ1) is 11.3. The molecule has 1 aliphatic rings. The number of halogens is 1. The van der Waals surface area contributed by atoms with Gasteiger partial charge >= 0.3 is 0 Å². The largest absolute Gasteiger partial charge is 0.383 e. The molecule has 1 saturated heterocycles. The number of likely N-dealkylation sites (tertiary alicyclic amines) is 1. The molecule has 0 unspecified atom stereocenters. The van der Waals surface area contributed by atoms with Crippen molar-refractivity contribution in [2.45, 2.75) is 38.3 Å². The maximum absolute atomic E-state index is 13.6. The number of piperidine rings is 1. The molecule has 0 spiro atoms. The third-order valence-electron chi connectivity index (χ3n) is 4.54. The molecule has 0 amide bonds. The first-order valence-corrected chi connectivity index (χ1v) is 8.44. The van der Waals surface area contributed by atoms with Crippen LogP contribution in [0.25, 0.3) is 0 Å². The molecule has 2 aromatic rings. The van der Waals surface area contributed by atoms with Crippen LogP contribution in [0.5, 0.6) is 0 Å². The summed E-state index contributed by atoms with van der Waals surface area (Å²) in [5, 5.41) is 3.20. The normalized spacial score (nSPS) is 18.7. The number of hydrogen-bond donors (Lipinski definition) is 1. The molecular formula is C19H24FN3. The van der Waals surface area contributed by atoms with Crippen molar-refractivity contribution in [2.75, 3.05) is 18.4 Å². The lowest BCUT2D eigenvalue weighted by Crippen LogP contribution is -2.40. The van der Waals surface area contributed by atoms with Crippen LogP contribution in [0.1, 0.15) is 31.2 Å². The van der Waals surface area contributed by atoms with E-state index >= 15 is 0 Å². The lowest BCUT2D eigenvalue weighted by atomic mass is 9.98. The van der Waals surface area contributed by atoms with Crippen molar-refractivity contribution in [3.05, 3.63) is 60.2 Å². The van der Waals surface area contributed by atoms with Gasteiger partial charge in [0.15, 0.2) is 5.82 Å². The molecule has 1 atom stereocenters. The van der Waals surface area contributed by atoms with Crippen LogP contribution in [0.2, 0.25) is 0 Å². The van der Waals surface area contributed by atoms with Crippen LogP contribution in [0.15, 0.2) is 48.8 Å². The van der Waals surface area contributed by atoms with E-state index in [-0.39, 0.29) is 5.82 Å². The summed E-state index contributed by atoms with van der Waals surface area (Å²) < 4.78 is 13.6. The topological polar surface area (TPSA) is 28.2 Å². The highest BCUT2D eigenvalue weighted by molar-refractivity contribution is 5.42. The number of benzene rings is 1. The van der Waals surface area contributed by atoms with E-state index in [0.717, 1.165) is 26.1 Å². The summed E-state index contributed by atoms with van der Waals surface area (Å²) >= 11 is 0. The minimum absolute atomic E-state index is 0.280. The second kappa shape index (κ2) is 8.06. The highest BCUT2D eigenvalue weighted by Gasteiger charge is 2.22. The Balaban J connectivity index is 1.53. The van der Waals surface area contributed by atoms with Gasteiger partial charge < -0.3 is 5.32 Å². The Morgan fingerprint density at radius 2 is 2.04 bits per heavy atom. The number of hydrogen-bond acceptors (Lipinski definition) is 3. The fraction of sp³-hybridized carbons (Fsp3) is 0.421. The van der Waals surface area contributed by atoms with Crippen LogP contribution in [0, 0.1) is 5.82 Å². The maximum atomic E-state index is 13.6. The van der Waals surface area contributed by atoms with Gasteiger partial charge in [0.05, 0.1) is 11.9 Å². The molecule has 2 heterocycles. The van der Waals surface area contributed by atoms with Gasteiger partial charge in [-0.05, 0) is 37.4 Å². The van der Waals surface area contributed by atoms with Crippen molar-refractivity contribution >= 4 is 5.69 Å². The van der Waals surface area contributed by atoms with Crippen LogP contribution in [0.4, 0.5) is 10.1 Å². The van der Waals surface area contributed by atoms with Gasteiger partial charge in [0, 0.05) is 25.3 Å². The number of nitrogens with one attached hydrogen (secondary N) is 1. The average molecular weight is 313 g/mol. The van der Waals surface area contributed by atoms with Crippen LogP contribution in [-0.4, -0.2) is 29.0 Å². The van der Waals surface area contributed by atoms with Crippen molar-refractivity contribution < 1.29 is 4.39 Å². The number of rotatable bonds is 6. The molecule has 1 fully saturated rings. The van der Waals surface area contributed by atoms with Gasteiger partial charge in [-0.3, -0.25) is 9.88 Å². The monoisotopic (exact) mass is 313 g/mol. The molecule has 3 rings (SSSR count). The van der Waals surface area contributed by atoms with E-state index in [9.17, 15) is 4.39 Å². The third kappa shape index (κ3) is 4.52. The summed E-state index contributed by atoms with van der Waals surface area (Å²) in [5.74, 6) is -0.280. The Morgan fingerprint density at radius 3 is 2.87 bits per heavy atom. The summed E-state index contributed by atoms with van der Waals surface area (Å²) in [5.41, 5.74) is 1.91. The van der Waals surface area contributed by atoms with Gasteiger partial charge in [0.1, 0.15) is 0 Å². The van der Waals surface area contributed by atoms with Gasteiger partial charge in [-0.15, -0.1) is 0 Å². The van der Waals surface area contributed by atoms with Crippen molar-refractivity contribution in [1.29, 1.82) is 0 Å². The van der Waals surface area contributed by atoms with Gasteiger partial charge in [0.25, 0.3) is 0 Å². The quantitative estimate of drug-likeness (QED) is 0.871. The molecule has 0 radical (unpaired) electrons. The van der Waals surface area contributed by atoms with Gasteiger partial charge in [-0.25, -0.2) is 4.39 Å². The maximum Gasteiger partial charge on any atom is 0.164 e. The lowest BCUT2D eigenvalue weighted by molar-refractivity contribution is 0.135. The van der Waals surface area contributed by atoms with Crippen molar-refractivity contribution in [3.63, 3.8) is 0 Å². The standard InChI is InChI=1S/C19H24FN3/c20-18-14-21-11-10-19(18)22-12-9-17-8-4-5-13-23(17)15-16-6-2-1-3-7-16/h1-3,6-7,10-11,14,17H,4-5,8-9,12-13,15H2,(H,21,22)/t17-/m1/s1. The fourth-order valence-corrected chi connectivity index (χ4v) is 3.31.